The Labute approximate surface area is 284 Å². The zero-order valence-electron chi connectivity index (χ0n) is 25.6. The van der Waals surface area contributed by atoms with Crippen molar-refractivity contribution < 1.29 is 5.11 Å². The molecule has 6 aromatic carbocycles. The highest BCUT2D eigenvalue weighted by Gasteiger charge is 2.55. The van der Waals surface area contributed by atoms with Crippen molar-refractivity contribution in [2.24, 2.45) is 0 Å². The molecular weight excluding hydrogens is 641 g/mol. The number of aliphatic hydroxyl groups excluding tert-OH is 1. The number of benzene rings is 6. The first-order valence-corrected chi connectivity index (χ1v) is 20.2. The van der Waals surface area contributed by atoms with Gasteiger partial charge >= 0.3 is 0 Å². The van der Waals surface area contributed by atoms with Crippen LogP contribution in [0.2, 0.25) is 0 Å². The van der Waals surface area contributed by atoms with Gasteiger partial charge < -0.3 is 5.11 Å². The second kappa shape index (κ2) is 15.1. The van der Waals surface area contributed by atoms with Crippen molar-refractivity contribution >= 4 is 69.6 Å². The standard InChI is InChI=1S/C41H38Cl2OP2/c42-40(45(34-19-7-1-8-20-34,35-21-9-2-10-22-35)36-23-11-3-12-24-36)31-33(44)32-41(43)46(37-25-13-4-14-26-37,38-27-15-5-16-28-38)39-29-17-6-18-30-39/h1-30,33,40-41,44H,31-32H2/q+2. The SMILES string of the molecule is OC(CC(Cl)[P+](c1ccccc1)(c1ccccc1)c1ccccc1)CC(Cl)[P+](c1ccccc1)(c1ccccc1)c1ccccc1. The van der Waals surface area contributed by atoms with E-state index < -0.39 is 20.6 Å². The minimum absolute atomic E-state index is 0.364. The van der Waals surface area contributed by atoms with Crippen LogP contribution in [0.15, 0.2) is 182 Å². The van der Waals surface area contributed by atoms with Gasteiger partial charge in [-0.05, 0) is 72.8 Å². The number of hydrogen-bond acceptors (Lipinski definition) is 1. The molecule has 6 aromatic rings. The van der Waals surface area contributed by atoms with Crippen molar-refractivity contribution in [1.82, 2.24) is 0 Å². The molecule has 0 saturated carbocycles. The van der Waals surface area contributed by atoms with Gasteiger partial charge in [0.25, 0.3) is 0 Å². The summed E-state index contributed by atoms with van der Waals surface area (Å²) in [4.78, 5) is 0. The van der Waals surface area contributed by atoms with Crippen LogP contribution in [-0.2, 0) is 0 Å². The molecule has 0 heterocycles. The van der Waals surface area contributed by atoms with Crippen LogP contribution in [0.4, 0.5) is 0 Å². The molecule has 0 aliphatic carbocycles. The molecule has 0 bridgehead atoms. The van der Waals surface area contributed by atoms with Crippen molar-refractivity contribution in [3.63, 3.8) is 0 Å². The maximum absolute atomic E-state index is 12.1. The van der Waals surface area contributed by atoms with Gasteiger partial charge in [0.05, 0.1) is 6.10 Å². The van der Waals surface area contributed by atoms with Crippen molar-refractivity contribution in [2.45, 2.75) is 29.2 Å². The highest BCUT2D eigenvalue weighted by molar-refractivity contribution is 7.97. The van der Waals surface area contributed by atoms with Gasteiger partial charge in [-0.25, -0.2) is 0 Å². The van der Waals surface area contributed by atoms with Gasteiger partial charge in [-0.1, -0.05) is 132 Å². The van der Waals surface area contributed by atoms with Gasteiger partial charge in [-0.15, -0.1) is 0 Å². The molecule has 46 heavy (non-hydrogen) atoms. The van der Waals surface area contributed by atoms with E-state index in [0.29, 0.717) is 12.8 Å². The molecule has 0 aliphatic rings. The van der Waals surface area contributed by atoms with E-state index in [0.717, 1.165) is 0 Å². The highest BCUT2D eigenvalue weighted by atomic mass is 35.5. The van der Waals surface area contributed by atoms with E-state index in [2.05, 4.69) is 146 Å². The molecule has 0 fully saturated rings. The van der Waals surface area contributed by atoms with Gasteiger partial charge in [-0.3, -0.25) is 0 Å². The molecule has 0 saturated heterocycles. The van der Waals surface area contributed by atoms with E-state index in [1.165, 1.54) is 31.8 Å². The van der Waals surface area contributed by atoms with Crippen molar-refractivity contribution in [3.05, 3.63) is 182 Å². The van der Waals surface area contributed by atoms with Crippen molar-refractivity contribution in [3.8, 4) is 0 Å². The fourth-order valence-electron chi connectivity index (χ4n) is 6.71. The Morgan fingerprint density at radius 3 is 0.696 bits per heavy atom. The van der Waals surface area contributed by atoms with E-state index in [4.69, 9.17) is 23.2 Å². The lowest BCUT2D eigenvalue weighted by Crippen LogP contribution is -2.40. The van der Waals surface area contributed by atoms with Crippen LogP contribution in [0.5, 0.6) is 0 Å². The third-order valence-electron chi connectivity index (χ3n) is 8.75. The van der Waals surface area contributed by atoms with Gasteiger partial charge in [0.1, 0.15) is 46.4 Å². The third-order valence-corrected chi connectivity index (χ3v) is 19.6. The Bertz CT molecular complexity index is 1450. The predicted molar refractivity (Wildman–Crippen MR) is 205 cm³/mol. The maximum atomic E-state index is 12.1. The van der Waals surface area contributed by atoms with E-state index in [9.17, 15) is 5.11 Å². The molecule has 0 aromatic heterocycles. The first kappa shape index (κ1) is 32.7. The zero-order chi connectivity index (χ0) is 31.8. The lowest BCUT2D eigenvalue weighted by molar-refractivity contribution is 0.163. The minimum atomic E-state index is -2.38. The van der Waals surface area contributed by atoms with E-state index in [1.807, 2.05) is 36.4 Å². The summed E-state index contributed by atoms with van der Waals surface area (Å²) in [7, 11) is -4.77. The number of aliphatic hydroxyl groups is 1. The van der Waals surface area contributed by atoms with Crippen molar-refractivity contribution in [2.75, 3.05) is 0 Å². The normalized spacial score (nSPS) is 13.9. The van der Waals surface area contributed by atoms with Crippen LogP contribution >= 0.6 is 37.7 Å². The summed E-state index contributed by atoms with van der Waals surface area (Å²) in [5.41, 5.74) is 0. The van der Waals surface area contributed by atoms with Crippen LogP contribution < -0.4 is 31.8 Å². The zero-order valence-corrected chi connectivity index (χ0v) is 28.9. The molecule has 2 atom stereocenters. The number of alkyl halides is 2. The molecule has 6 rings (SSSR count). The van der Waals surface area contributed by atoms with E-state index in [-0.39, 0.29) is 10.2 Å². The first-order valence-electron chi connectivity index (χ1n) is 15.6. The number of rotatable bonds is 12. The maximum Gasteiger partial charge on any atom is 0.159 e. The summed E-state index contributed by atoms with van der Waals surface area (Å²) < 4.78 is 0. The molecule has 2 unspecified atom stereocenters. The van der Waals surface area contributed by atoms with Gasteiger partial charge in [-0.2, -0.15) is 0 Å². The third kappa shape index (κ3) is 6.33. The summed E-state index contributed by atoms with van der Waals surface area (Å²) in [6.45, 7) is 0. The first-order chi connectivity index (χ1) is 22.6. The summed E-state index contributed by atoms with van der Waals surface area (Å²) in [5, 5.41) is 18.5. The Balaban J connectivity index is 1.42. The topological polar surface area (TPSA) is 20.2 Å². The summed E-state index contributed by atoms with van der Waals surface area (Å²) in [6, 6.07) is 63.6. The average molecular weight is 680 g/mol. The van der Waals surface area contributed by atoms with Crippen molar-refractivity contribution in [1.29, 1.82) is 0 Å². The van der Waals surface area contributed by atoms with Gasteiger partial charge in [0.15, 0.2) is 10.2 Å². The van der Waals surface area contributed by atoms with Crippen LogP contribution in [0.1, 0.15) is 12.8 Å². The molecule has 5 heteroatoms. The molecule has 0 amide bonds. The number of halogens is 2. The highest BCUT2D eigenvalue weighted by Crippen LogP contribution is 2.64. The Kier molecular flexibility index (Phi) is 10.7. The van der Waals surface area contributed by atoms with Crippen LogP contribution in [-0.4, -0.2) is 21.4 Å². The molecule has 0 radical (unpaired) electrons. The fourth-order valence-corrected chi connectivity index (χ4v) is 17.8. The smallest absolute Gasteiger partial charge is 0.159 e. The quantitative estimate of drug-likeness (QED) is 0.102. The fraction of sp³-hybridized carbons (Fsp3) is 0.122. The molecule has 230 valence electrons. The summed E-state index contributed by atoms with van der Waals surface area (Å²) in [5.74, 6) is 0. The van der Waals surface area contributed by atoms with E-state index >= 15 is 0 Å². The summed E-state index contributed by atoms with van der Waals surface area (Å²) >= 11 is 15.4. The number of hydrogen-bond donors (Lipinski definition) is 1. The monoisotopic (exact) mass is 678 g/mol. The Morgan fingerprint density at radius 2 is 0.522 bits per heavy atom. The molecule has 0 spiro atoms. The van der Waals surface area contributed by atoms with Gasteiger partial charge in [0, 0.05) is 12.8 Å². The molecule has 0 aliphatic heterocycles. The average Bonchev–Trinajstić information content (AvgIpc) is 3.12. The second-order valence-corrected chi connectivity index (χ2v) is 20.4. The predicted octanol–water partition coefficient (Wildman–Crippen LogP) is 8.25. The van der Waals surface area contributed by atoms with Crippen LogP contribution in [0, 0.1) is 0 Å². The largest absolute Gasteiger partial charge is 0.393 e. The molecular formula is C41H38Cl2OP2+2. The summed E-state index contributed by atoms with van der Waals surface area (Å²) in [6.07, 6.45) is 0.0709. The minimum Gasteiger partial charge on any atom is -0.393 e. The lowest BCUT2D eigenvalue weighted by atomic mass is 10.2. The Morgan fingerprint density at radius 1 is 0.348 bits per heavy atom. The lowest BCUT2D eigenvalue weighted by Gasteiger charge is -2.34. The van der Waals surface area contributed by atoms with Crippen LogP contribution in [0.3, 0.4) is 0 Å². The van der Waals surface area contributed by atoms with Gasteiger partial charge in [0.2, 0.25) is 0 Å². The molecule has 1 nitrogen and oxygen atoms in total. The second-order valence-electron chi connectivity index (χ2n) is 11.5. The van der Waals surface area contributed by atoms with Crippen LogP contribution in [0.25, 0.3) is 0 Å². The Hall–Kier alpha value is -3.28. The van der Waals surface area contributed by atoms with E-state index in [1.54, 1.807) is 0 Å². The molecule has 1 N–H and O–H groups in total.